The molecule has 0 saturated carbocycles. The second-order valence-corrected chi connectivity index (χ2v) is 7.03. The van der Waals surface area contributed by atoms with Crippen LogP contribution in [0.15, 0.2) is 59.4 Å². The van der Waals surface area contributed by atoms with Crippen molar-refractivity contribution in [2.45, 2.75) is 26.3 Å². The third kappa shape index (κ3) is 4.51. The summed E-state index contributed by atoms with van der Waals surface area (Å²) < 4.78 is 12.5. The highest BCUT2D eigenvalue weighted by Gasteiger charge is 2.13. The van der Waals surface area contributed by atoms with Gasteiger partial charge in [-0.3, -0.25) is 9.59 Å². The molecule has 0 saturated heterocycles. The van der Waals surface area contributed by atoms with Gasteiger partial charge in [0.2, 0.25) is 5.91 Å². The van der Waals surface area contributed by atoms with Crippen molar-refractivity contribution in [2.24, 2.45) is 0 Å². The van der Waals surface area contributed by atoms with Gasteiger partial charge in [0.15, 0.2) is 11.5 Å². The topological polar surface area (TPSA) is 82.5 Å². The maximum atomic E-state index is 12.4. The maximum absolute atomic E-state index is 12.4. The van der Waals surface area contributed by atoms with Crippen molar-refractivity contribution in [1.29, 1.82) is 0 Å². The predicted molar refractivity (Wildman–Crippen MR) is 114 cm³/mol. The predicted octanol–water partition coefficient (Wildman–Crippen LogP) is 3.27. The summed E-state index contributed by atoms with van der Waals surface area (Å²) in [6.07, 6.45) is 1.75. The van der Waals surface area contributed by atoms with E-state index in [1.165, 1.54) is 11.6 Å². The third-order valence-electron chi connectivity index (χ3n) is 4.85. The van der Waals surface area contributed by atoms with Gasteiger partial charge < -0.3 is 14.8 Å². The first-order chi connectivity index (χ1) is 14.6. The van der Waals surface area contributed by atoms with E-state index in [0.29, 0.717) is 36.1 Å². The van der Waals surface area contributed by atoms with Gasteiger partial charge in [-0.05, 0) is 48.4 Å². The van der Waals surface area contributed by atoms with Crippen molar-refractivity contribution < 1.29 is 14.3 Å². The van der Waals surface area contributed by atoms with Crippen molar-refractivity contribution in [3.8, 4) is 22.8 Å². The van der Waals surface area contributed by atoms with Gasteiger partial charge in [0.25, 0.3) is 5.56 Å². The van der Waals surface area contributed by atoms with Crippen LogP contribution in [0.25, 0.3) is 11.3 Å². The average Bonchev–Trinajstić information content (AvgIpc) is 3.00. The molecule has 154 valence electrons. The number of nitrogens with zero attached hydrogens (tertiary/aromatic N) is 2. The highest BCUT2D eigenvalue weighted by molar-refractivity contribution is 5.90. The van der Waals surface area contributed by atoms with E-state index in [-0.39, 0.29) is 18.0 Å². The van der Waals surface area contributed by atoms with E-state index in [1.54, 1.807) is 6.07 Å². The van der Waals surface area contributed by atoms with Crippen molar-refractivity contribution in [2.75, 3.05) is 18.5 Å². The normalized spacial score (nSPS) is 12.8. The summed E-state index contributed by atoms with van der Waals surface area (Å²) in [4.78, 5) is 24.6. The van der Waals surface area contributed by atoms with Gasteiger partial charge in [-0.1, -0.05) is 19.1 Å². The molecule has 7 nitrogen and oxygen atoms in total. The minimum Gasteiger partial charge on any atom is -0.490 e. The summed E-state index contributed by atoms with van der Waals surface area (Å²) in [5, 5.41) is 7.17. The molecule has 4 rings (SSSR count). The fourth-order valence-electron chi connectivity index (χ4n) is 3.20. The number of aromatic nitrogens is 2. The first-order valence-electron chi connectivity index (χ1n) is 9.99. The van der Waals surface area contributed by atoms with E-state index in [9.17, 15) is 9.59 Å². The van der Waals surface area contributed by atoms with Crippen molar-refractivity contribution in [3.63, 3.8) is 0 Å². The molecule has 1 aromatic heterocycles. The highest BCUT2D eigenvalue weighted by atomic mass is 16.5. The number of rotatable bonds is 5. The Morgan fingerprint density at radius 2 is 1.80 bits per heavy atom. The van der Waals surface area contributed by atoms with Gasteiger partial charge >= 0.3 is 0 Å². The zero-order valence-electron chi connectivity index (χ0n) is 16.8. The fourth-order valence-corrected chi connectivity index (χ4v) is 3.20. The average molecular weight is 405 g/mol. The van der Waals surface area contributed by atoms with E-state index in [4.69, 9.17) is 9.47 Å². The summed E-state index contributed by atoms with van der Waals surface area (Å²) in [6, 6.07) is 16.2. The van der Waals surface area contributed by atoms with Crippen LogP contribution in [0.3, 0.4) is 0 Å². The monoisotopic (exact) mass is 405 g/mol. The van der Waals surface area contributed by atoms with E-state index >= 15 is 0 Å². The molecule has 30 heavy (non-hydrogen) atoms. The molecule has 1 aliphatic rings. The molecule has 0 spiro atoms. The lowest BCUT2D eigenvalue weighted by molar-refractivity contribution is -0.117. The lowest BCUT2D eigenvalue weighted by Gasteiger charge is -2.11. The Kier molecular flexibility index (Phi) is 5.79. The number of benzene rings is 2. The van der Waals surface area contributed by atoms with Crippen molar-refractivity contribution >= 4 is 11.6 Å². The van der Waals surface area contributed by atoms with Gasteiger partial charge in [-0.2, -0.15) is 5.10 Å². The SMILES string of the molecule is CCc1ccc(NC(=O)Cn2nc(-c3ccc4c(c3)OCCCO4)ccc2=O)cc1. The molecule has 7 heteroatoms. The van der Waals surface area contributed by atoms with Gasteiger partial charge in [-0.25, -0.2) is 4.68 Å². The first-order valence-corrected chi connectivity index (χ1v) is 9.99. The molecule has 0 fully saturated rings. The molecule has 2 heterocycles. The van der Waals surface area contributed by atoms with Crippen LogP contribution in [0, 0.1) is 0 Å². The first kappa shape index (κ1) is 19.7. The number of carbonyl (C=O) groups excluding carboxylic acids is 1. The van der Waals surface area contributed by atoms with E-state index in [0.717, 1.165) is 23.1 Å². The molecule has 3 aromatic rings. The lowest BCUT2D eigenvalue weighted by Crippen LogP contribution is -2.29. The van der Waals surface area contributed by atoms with Crippen LogP contribution in [0.5, 0.6) is 11.5 Å². The summed E-state index contributed by atoms with van der Waals surface area (Å²) >= 11 is 0. The van der Waals surface area contributed by atoms with Crippen LogP contribution >= 0.6 is 0 Å². The van der Waals surface area contributed by atoms with Gasteiger partial charge in [0, 0.05) is 23.7 Å². The molecule has 1 aliphatic heterocycles. The zero-order valence-corrected chi connectivity index (χ0v) is 16.8. The Bertz CT molecular complexity index is 1110. The number of hydrogen-bond donors (Lipinski definition) is 1. The van der Waals surface area contributed by atoms with Crippen LogP contribution < -0.4 is 20.3 Å². The molecule has 0 bridgehead atoms. The van der Waals surface area contributed by atoms with Crippen LogP contribution in [0.1, 0.15) is 18.9 Å². The number of carbonyl (C=O) groups is 1. The number of anilines is 1. The van der Waals surface area contributed by atoms with Gasteiger partial charge in [0.1, 0.15) is 6.54 Å². The number of amides is 1. The lowest BCUT2D eigenvalue weighted by atomic mass is 10.1. The minimum absolute atomic E-state index is 0.174. The summed E-state index contributed by atoms with van der Waals surface area (Å²) in [5.41, 5.74) is 2.89. The maximum Gasteiger partial charge on any atom is 0.267 e. The Morgan fingerprint density at radius 1 is 1.03 bits per heavy atom. The zero-order chi connectivity index (χ0) is 20.9. The molecular formula is C23H23N3O4. The largest absolute Gasteiger partial charge is 0.490 e. The molecule has 2 aromatic carbocycles. The molecule has 1 amide bonds. The second-order valence-electron chi connectivity index (χ2n) is 7.03. The number of hydrogen-bond acceptors (Lipinski definition) is 5. The minimum atomic E-state index is -0.343. The van der Waals surface area contributed by atoms with Crippen LogP contribution in [-0.4, -0.2) is 28.9 Å². The summed E-state index contributed by atoms with van der Waals surface area (Å²) in [6.45, 7) is 3.10. The van der Waals surface area contributed by atoms with Crippen molar-refractivity contribution in [3.05, 3.63) is 70.5 Å². The number of aryl methyl sites for hydroxylation is 1. The molecule has 1 N–H and O–H groups in total. The number of nitrogens with one attached hydrogen (secondary N) is 1. The molecule has 0 unspecified atom stereocenters. The highest BCUT2D eigenvalue weighted by Crippen LogP contribution is 2.33. The Morgan fingerprint density at radius 3 is 2.57 bits per heavy atom. The molecule has 0 aliphatic carbocycles. The van der Waals surface area contributed by atoms with Crippen LogP contribution in [0.2, 0.25) is 0 Å². The smallest absolute Gasteiger partial charge is 0.267 e. The molecule has 0 radical (unpaired) electrons. The number of fused-ring (bicyclic) bond motifs is 1. The summed E-state index contributed by atoms with van der Waals surface area (Å²) in [7, 11) is 0. The Balaban J connectivity index is 1.52. The Labute approximate surface area is 174 Å². The van der Waals surface area contributed by atoms with E-state index in [2.05, 4.69) is 17.3 Å². The fraction of sp³-hybridized carbons (Fsp3) is 0.261. The van der Waals surface area contributed by atoms with E-state index < -0.39 is 0 Å². The molecular weight excluding hydrogens is 382 g/mol. The van der Waals surface area contributed by atoms with Crippen LogP contribution in [0.4, 0.5) is 5.69 Å². The Hall–Kier alpha value is -3.61. The standard InChI is InChI=1S/C23H23N3O4/c1-2-16-4-7-18(8-5-16)24-22(27)15-26-23(28)11-9-19(25-26)17-6-10-20-21(14-17)30-13-3-12-29-20/h4-11,14H,2-3,12-13,15H2,1H3,(H,24,27). The van der Waals surface area contributed by atoms with E-state index in [1.807, 2.05) is 42.5 Å². The quantitative estimate of drug-likeness (QED) is 0.705. The summed E-state index contributed by atoms with van der Waals surface area (Å²) in [5.74, 6) is 1.03. The molecule has 0 atom stereocenters. The number of ether oxygens (including phenoxy) is 2. The third-order valence-corrected chi connectivity index (χ3v) is 4.85. The van der Waals surface area contributed by atoms with Gasteiger partial charge in [-0.15, -0.1) is 0 Å². The van der Waals surface area contributed by atoms with Crippen molar-refractivity contribution in [1.82, 2.24) is 9.78 Å². The van der Waals surface area contributed by atoms with Gasteiger partial charge in [0.05, 0.1) is 18.9 Å². The second kappa shape index (κ2) is 8.82. The van der Waals surface area contributed by atoms with Crippen LogP contribution in [-0.2, 0) is 17.8 Å².